The van der Waals surface area contributed by atoms with Crippen molar-refractivity contribution in [3.8, 4) is 22.3 Å². The van der Waals surface area contributed by atoms with Crippen LogP contribution in [0.3, 0.4) is 0 Å². The summed E-state index contributed by atoms with van der Waals surface area (Å²) in [6.07, 6.45) is 0. The van der Waals surface area contributed by atoms with Gasteiger partial charge < -0.3 is 24.8 Å². The molecule has 0 nitrogen and oxygen atoms in total. The topological polar surface area (TPSA) is 0 Å². The number of aryl methyl sites for hydroxylation is 2. The van der Waals surface area contributed by atoms with Crippen LogP contribution in [0.4, 0.5) is 0 Å². The Hall–Kier alpha value is -2.74. The van der Waals surface area contributed by atoms with Crippen LogP contribution in [0.5, 0.6) is 0 Å². The molecule has 0 N–H and O–H groups in total. The first kappa shape index (κ1) is 40.7. The second-order valence-electron chi connectivity index (χ2n) is 14.4. The number of rotatable bonds is 3. The normalized spacial score (nSPS) is 10.9. The van der Waals surface area contributed by atoms with E-state index < -0.39 is 0 Å². The quantitative estimate of drug-likeness (QED) is 0.129. The average molecular weight is 779 g/mol. The summed E-state index contributed by atoms with van der Waals surface area (Å²) in [7, 11) is 0. The first-order valence-corrected chi connectivity index (χ1v) is 23.0. The van der Waals surface area contributed by atoms with Crippen LogP contribution in [0.2, 0.25) is 13.1 Å². The van der Waals surface area contributed by atoms with Gasteiger partial charge in [0.25, 0.3) is 0 Å². The third-order valence-electron chi connectivity index (χ3n) is 8.81. The zero-order chi connectivity index (χ0) is 33.9. The summed E-state index contributed by atoms with van der Waals surface area (Å²) in [5, 5.41) is 8.05. The van der Waals surface area contributed by atoms with Crippen LogP contribution >= 0.6 is 0 Å². The molecular weight excluding hydrogens is 731 g/mol. The van der Waals surface area contributed by atoms with E-state index in [1.165, 1.54) is 76.8 Å². The molecule has 252 valence electrons. The zero-order valence-electron chi connectivity index (χ0n) is 30.4. The van der Waals surface area contributed by atoms with E-state index in [0.717, 1.165) is 0 Å². The molecule has 7 aromatic rings. The zero-order valence-corrected chi connectivity index (χ0v) is 35.4. The van der Waals surface area contributed by atoms with E-state index in [2.05, 4.69) is 183 Å². The Kier molecular flexibility index (Phi) is 14.5. The van der Waals surface area contributed by atoms with Crippen molar-refractivity contribution >= 4 is 37.8 Å². The fourth-order valence-electron chi connectivity index (χ4n) is 6.19. The monoisotopic (exact) mass is 776 g/mol. The van der Waals surface area contributed by atoms with Crippen molar-refractivity contribution in [3.05, 3.63) is 144 Å². The van der Waals surface area contributed by atoms with Crippen LogP contribution in [0.1, 0.15) is 62.8 Å². The van der Waals surface area contributed by atoms with E-state index in [1.54, 1.807) is 23.3 Å². The molecule has 7 aromatic carbocycles. The summed E-state index contributed by atoms with van der Waals surface area (Å²) in [5.41, 5.74) is 11.2. The molecule has 0 spiro atoms. The molecule has 0 radical (unpaired) electrons. The van der Waals surface area contributed by atoms with Gasteiger partial charge in [0.05, 0.1) is 0 Å². The second-order valence-corrected chi connectivity index (χ2v) is 23.8. The smallest absolute Gasteiger partial charge is 0.0132 e. The molecule has 0 saturated heterocycles. The summed E-state index contributed by atoms with van der Waals surface area (Å²) < 4.78 is 0. The van der Waals surface area contributed by atoms with Crippen molar-refractivity contribution in [1.82, 2.24) is 0 Å². The van der Waals surface area contributed by atoms with Crippen molar-refractivity contribution in [1.29, 1.82) is 0 Å². The first-order chi connectivity index (χ1) is 22.3. The number of hydrogen-bond acceptors (Lipinski definition) is 0. The Morgan fingerprint density at radius 1 is 0.633 bits per heavy atom. The Morgan fingerprint density at radius 2 is 1.24 bits per heavy atom. The summed E-state index contributed by atoms with van der Waals surface area (Å²) in [5.74, 6) is 0.567. The molecule has 0 bridgehead atoms. The summed E-state index contributed by atoms with van der Waals surface area (Å²) >= 11 is 1.74. The number of benzene rings is 5. The van der Waals surface area contributed by atoms with Crippen molar-refractivity contribution in [2.24, 2.45) is 0 Å². The number of fused-ring (bicyclic) bond motifs is 3. The fraction of sp³-hybridized carbons (Fsp3) is 0.244. The molecule has 0 aliphatic rings. The molecule has 0 fully saturated rings. The second kappa shape index (κ2) is 17.5. The van der Waals surface area contributed by atoms with E-state index >= 15 is 0 Å². The molecule has 0 aliphatic carbocycles. The predicted octanol–water partition coefficient (Wildman–Crippen LogP) is 7.43. The van der Waals surface area contributed by atoms with Gasteiger partial charge in [-0.2, -0.15) is 12.1 Å². The molecular formula is C45H48Cl2SiZr-2. The largest absolute Gasteiger partial charge is 1.00 e. The van der Waals surface area contributed by atoms with E-state index in [-0.39, 0.29) is 35.7 Å². The predicted molar refractivity (Wildman–Crippen MR) is 207 cm³/mol. The minimum absolute atomic E-state index is 0. The number of halogens is 2. The van der Waals surface area contributed by atoms with E-state index in [9.17, 15) is 0 Å². The van der Waals surface area contributed by atoms with Crippen LogP contribution in [0, 0.1) is 13.8 Å². The molecule has 0 saturated carbocycles. The molecule has 0 unspecified atom stereocenters. The van der Waals surface area contributed by atoms with Crippen LogP contribution in [0.25, 0.3) is 54.6 Å². The Balaban J connectivity index is 0.000000231. The summed E-state index contributed by atoms with van der Waals surface area (Å²) in [4.78, 5) is 0. The fourth-order valence-corrected chi connectivity index (χ4v) is 6.19. The van der Waals surface area contributed by atoms with Gasteiger partial charge in [-0.15, -0.1) is 68.6 Å². The van der Waals surface area contributed by atoms with Crippen LogP contribution < -0.4 is 24.8 Å². The SMILES string of the molecule is CC(C)c1cc2c(-c3ccc4ccccc4c3)cccc2[cH-]1.C[Si](C)=[Zr+2].Cc1cc2c(-c3ccc(C(C)(C)C)cc3)ccc(C)c2[cH-]1.[Cl-].[Cl-]. The van der Waals surface area contributed by atoms with Gasteiger partial charge in [-0.3, -0.25) is 0 Å². The van der Waals surface area contributed by atoms with Crippen LogP contribution in [-0.2, 0) is 28.8 Å². The minimum Gasteiger partial charge on any atom is -1.00 e. The van der Waals surface area contributed by atoms with Crippen molar-refractivity contribution < 1.29 is 48.1 Å². The van der Waals surface area contributed by atoms with Gasteiger partial charge in [0.1, 0.15) is 0 Å². The Morgan fingerprint density at radius 3 is 1.88 bits per heavy atom. The molecule has 0 amide bonds. The summed E-state index contributed by atoms with van der Waals surface area (Å²) in [6.45, 7) is 20.3. The van der Waals surface area contributed by atoms with Gasteiger partial charge in [0.2, 0.25) is 0 Å². The average Bonchev–Trinajstić information content (AvgIpc) is 3.65. The van der Waals surface area contributed by atoms with Gasteiger partial charge in [0.15, 0.2) is 0 Å². The summed E-state index contributed by atoms with van der Waals surface area (Å²) in [6, 6.07) is 44.7. The van der Waals surface area contributed by atoms with E-state index in [4.69, 9.17) is 0 Å². The van der Waals surface area contributed by atoms with Crippen LogP contribution in [0.15, 0.2) is 121 Å². The Labute approximate surface area is 322 Å². The molecule has 7 rings (SSSR count). The van der Waals surface area contributed by atoms with Gasteiger partial charge in [-0.1, -0.05) is 132 Å². The number of hydrogen-bond donors (Lipinski definition) is 0. The van der Waals surface area contributed by atoms with Gasteiger partial charge in [0, 0.05) is 0 Å². The molecule has 0 atom stereocenters. The standard InChI is InChI=1S/C22H19.C21H23.C2H6Si.2ClH.Zr/c1-15(2)20-13-18-8-5-9-21(22(18)14-20)19-11-10-16-6-3-4-7-17(16)12-19;1-14-12-19-15(2)6-11-18(20(19)13-14)16-7-9-17(10-8-16)21(3,4)5;1-3-2;;;/h3-15H,1-2H3;6-13H,1-5H3;1-2H3;2*1H;/q2*-1;;;;+2/p-2. The molecule has 0 aliphatic heterocycles. The molecule has 0 heterocycles. The third-order valence-corrected chi connectivity index (χ3v) is 8.81. The van der Waals surface area contributed by atoms with Gasteiger partial charge >= 0.3 is 41.9 Å². The Bertz CT molecular complexity index is 2150. The van der Waals surface area contributed by atoms with Crippen LogP contribution in [-0.4, -0.2) is 5.43 Å². The molecule has 4 heteroatoms. The van der Waals surface area contributed by atoms with Crippen molar-refractivity contribution in [2.75, 3.05) is 0 Å². The van der Waals surface area contributed by atoms with E-state index in [1.807, 2.05) is 0 Å². The molecule has 0 aromatic heterocycles. The maximum absolute atomic E-state index is 2.35. The van der Waals surface area contributed by atoms with Crippen molar-refractivity contribution in [3.63, 3.8) is 0 Å². The van der Waals surface area contributed by atoms with Crippen molar-refractivity contribution in [2.45, 2.75) is 72.9 Å². The maximum Gasteiger partial charge on any atom is -0.0132 e. The third kappa shape index (κ3) is 9.95. The first-order valence-electron chi connectivity index (χ1n) is 16.8. The van der Waals surface area contributed by atoms with Gasteiger partial charge in [-0.05, 0) is 44.9 Å². The molecule has 49 heavy (non-hydrogen) atoms. The van der Waals surface area contributed by atoms with E-state index in [0.29, 0.717) is 5.92 Å². The van der Waals surface area contributed by atoms with Gasteiger partial charge in [-0.25, -0.2) is 0 Å². The maximum atomic E-state index is 2.35. The minimum atomic E-state index is 0.